The molecule has 2 aliphatic carbocycles. The lowest BCUT2D eigenvalue weighted by Crippen LogP contribution is -2.27. The molecule has 2 saturated carbocycles. The second kappa shape index (κ2) is 4.02. The minimum absolute atomic E-state index is 0.273. The third-order valence-electron chi connectivity index (χ3n) is 4.10. The summed E-state index contributed by atoms with van der Waals surface area (Å²) in [5.41, 5.74) is 0.273. The van der Waals surface area contributed by atoms with E-state index >= 15 is 0 Å². The Morgan fingerprint density at radius 2 is 2.29 bits per heavy atom. The summed E-state index contributed by atoms with van der Waals surface area (Å²) in [6.07, 6.45) is 6.73. The molecule has 2 bridgehead atoms. The molecule has 3 unspecified atom stereocenters. The zero-order valence-electron chi connectivity index (χ0n) is 9.60. The molecule has 2 aliphatic rings. The predicted molar refractivity (Wildman–Crippen MR) is 64.1 cm³/mol. The van der Waals surface area contributed by atoms with Crippen molar-refractivity contribution in [1.82, 2.24) is 4.98 Å². The predicted octanol–water partition coefficient (Wildman–Crippen LogP) is 2.38. The minimum atomic E-state index is -0.913. The van der Waals surface area contributed by atoms with Crippen molar-refractivity contribution in [2.24, 2.45) is 11.8 Å². The van der Waals surface area contributed by atoms with Gasteiger partial charge in [-0.25, -0.2) is 9.78 Å². The summed E-state index contributed by atoms with van der Waals surface area (Å²) in [4.78, 5) is 15.2. The van der Waals surface area contributed by atoms with Crippen molar-refractivity contribution in [1.29, 1.82) is 0 Å². The molecule has 90 valence electrons. The van der Waals surface area contributed by atoms with Crippen molar-refractivity contribution in [3.05, 3.63) is 23.9 Å². The van der Waals surface area contributed by atoms with Gasteiger partial charge < -0.3 is 10.4 Å². The molecule has 1 aromatic rings. The maximum Gasteiger partial charge on any atom is 0.339 e. The molecule has 0 aliphatic heterocycles. The molecule has 17 heavy (non-hydrogen) atoms. The summed E-state index contributed by atoms with van der Waals surface area (Å²) in [5.74, 6) is 1.17. The van der Waals surface area contributed by atoms with Crippen LogP contribution in [0.5, 0.6) is 0 Å². The number of aromatic nitrogens is 1. The number of carbonyl (C=O) groups is 1. The fourth-order valence-electron chi connectivity index (χ4n) is 3.29. The molecule has 1 aromatic heterocycles. The highest BCUT2D eigenvalue weighted by atomic mass is 16.4. The van der Waals surface area contributed by atoms with Gasteiger partial charge in [-0.15, -0.1) is 0 Å². The van der Waals surface area contributed by atoms with Crippen LogP contribution >= 0.6 is 0 Å². The Balaban J connectivity index is 1.79. The normalized spacial score (nSPS) is 30.5. The highest BCUT2D eigenvalue weighted by molar-refractivity contribution is 5.93. The fourth-order valence-corrected chi connectivity index (χ4v) is 3.29. The number of fused-ring (bicyclic) bond motifs is 2. The third-order valence-corrected chi connectivity index (χ3v) is 4.10. The average molecular weight is 232 g/mol. The molecule has 0 amide bonds. The van der Waals surface area contributed by atoms with Gasteiger partial charge in [-0.05, 0) is 43.2 Å². The largest absolute Gasteiger partial charge is 0.478 e. The summed E-state index contributed by atoms with van der Waals surface area (Å²) in [6, 6.07) is 3.68. The Morgan fingerprint density at radius 3 is 2.94 bits per heavy atom. The van der Waals surface area contributed by atoms with Crippen molar-refractivity contribution in [3.8, 4) is 0 Å². The van der Waals surface area contributed by atoms with Crippen molar-refractivity contribution in [2.45, 2.75) is 31.7 Å². The van der Waals surface area contributed by atoms with Crippen LogP contribution in [0.2, 0.25) is 0 Å². The first-order chi connectivity index (χ1) is 8.24. The molecule has 2 N–H and O–H groups in total. The van der Waals surface area contributed by atoms with Gasteiger partial charge in [-0.1, -0.05) is 6.42 Å². The highest BCUT2D eigenvalue weighted by Gasteiger charge is 2.39. The summed E-state index contributed by atoms with van der Waals surface area (Å²) < 4.78 is 0. The second-order valence-electron chi connectivity index (χ2n) is 5.13. The van der Waals surface area contributed by atoms with E-state index in [0.717, 1.165) is 5.92 Å². The summed E-state index contributed by atoms with van der Waals surface area (Å²) in [5, 5.41) is 12.4. The molecule has 0 radical (unpaired) electrons. The Kier molecular flexibility index (Phi) is 2.50. The van der Waals surface area contributed by atoms with Crippen LogP contribution in [0.4, 0.5) is 5.82 Å². The smallest absolute Gasteiger partial charge is 0.339 e. The standard InChI is InChI=1S/C13H16N2O2/c16-13(17)10-2-1-5-14-12(10)15-11-7-8-3-4-9(11)6-8/h1-2,5,8-9,11H,3-4,6-7H2,(H,14,15)(H,16,17). The number of nitrogens with zero attached hydrogens (tertiary/aromatic N) is 1. The van der Waals surface area contributed by atoms with Crippen LogP contribution in [-0.4, -0.2) is 22.1 Å². The number of rotatable bonds is 3. The van der Waals surface area contributed by atoms with Gasteiger partial charge in [0.25, 0.3) is 0 Å². The van der Waals surface area contributed by atoms with Crippen molar-refractivity contribution < 1.29 is 9.90 Å². The molecule has 0 saturated heterocycles. The number of hydrogen-bond acceptors (Lipinski definition) is 3. The van der Waals surface area contributed by atoms with Gasteiger partial charge in [0, 0.05) is 12.2 Å². The topological polar surface area (TPSA) is 62.2 Å². The molecule has 4 heteroatoms. The highest BCUT2D eigenvalue weighted by Crippen LogP contribution is 2.45. The number of anilines is 1. The first-order valence-corrected chi connectivity index (χ1v) is 6.19. The molecule has 1 heterocycles. The van der Waals surface area contributed by atoms with Gasteiger partial charge in [-0.3, -0.25) is 0 Å². The van der Waals surface area contributed by atoms with Gasteiger partial charge in [0.15, 0.2) is 0 Å². The molecular weight excluding hydrogens is 216 g/mol. The van der Waals surface area contributed by atoms with Crippen LogP contribution in [0.15, 0.2) is 18.3 Å². The zero-order valence-corrected chi connectivity index (χ0v) is 9.60. The van der Waals surface area contributed by atoms with E-state index in [4.69, 9.17) is 5.11 Å². The Hall–Kier alpha value is -1.58. The van der Waals surface area contributed by atoms with Crippen LogP contribution in [0.1, 0.15) is 36.0 Å². The van der Waals surface area contributed by atoms with Gasteiger partial charge in [0.1, 0.15) is 11.4 Å². The van der Waals surface area contributed by atoms with E-state index in [1.54, 1.807) is 18.3 Å². The molecule has 3 rings (SSSR count). The van der Waals surface area contributed by atoms with Crippen LogP contribution in [0.25, 0.3) is 0 Å². The minimum Gasteiger partial charge on any atom is -0.478 e. The number of carboxylic acids is 1. The number of nitrogens with one attached hydrogen (secondary N) is 1. The van der Waals surface area contributed by atoms with Crippen LogP contribution in [0, 0.1) is 11.8 Å². The second-order valence-corrected chi connectivity index (χ2v) is 5.13. The van der Waals surface area contributed by atoms with Crippen LogP contribution in [-0.2, 0) is 0 Å². The van der Waals surface area contributed by atoms with Crippen molar-refractivity contribution in [3.63, 3.8) is 0 Å². The monoisotopic (exact) mass is 232 g/mol. The maximum atomic E-state index is 11.1. The number of aromatic carboxylic acids is 1. The lowest BCUT2D eigenvalue weighted by molar-refractivity contribution is 0.0697. The van der Waals surface area contributed by atoms with E-state index in [1.165, 1.54) is 25.7 Å². The number of carboxylic acid groups (broad SMARTS) is 1. The van der Waals surface area contributed by atoms with E-state index in [1.807, 2.05) is 0 Å². The van der Waals surface area contributed by atoms with Gasteiger partial charge in [0.2, 0.25) is 0 Å². The first-order valence-electron chi connectivity index (χ1n) is 6.19. The third kappa shape index (κ3) is 1.88. The van der Waals surface area contributed by atoms with Crippen molar-refractivity contribution in [2.75, 3.05) is 5.32 Å². The van der Waals surface area contributed by atoms with Crippen LogP contribution in [0.3, 0.4) is 0 Å². The molecule has 0 spiro atoms. The van der Waals surface area contributed by atoms with Gasteiger partial charge in [-0.2, -0.15) is 0 Å². The number of hydrogen-bond donors (Lipinski definition) is 2. The van der Waals surface area contributed by atoms with Gasteiger partial charge >= 0.3 is 5.97 Å². The van der Waals surface area contributed by atoms with E-state index in [0.29, 0.717) is 17.8 Å². The summed E-state index contributed by atoms with van der Waals surface area (Å²) in [6.45, 7) is 0. The Labute approximate surface area is 100 Å². The van der Waals surface area contributed by atoms with E-state index in [2.05, 4.69) is 10.3 Å². The zero-order chi connectivity index (χ0) is 11.8. The molecule has 3 atom stereocenters. The quantitative estimate of drug-likeness (QED) is 0.840. The lowest BCUT2D eigenvalue weighted by atomic mass is 9.95. The molecule has 0 aromatic carbocycles. The summed E-state index contributed by atoms with van der Waals surface area (Å²) >= 11 is 0. The molecule has 4 nitrogen and oxygen atoms in total. The SMILES string of the molecule is O=C(O)c1cccnc1NC1CC2CCC1C2. The number of pyridine rings is 1. The molecular formula is C13H16N2O2. The first kappa shape index (κ1) is 10.6. The van der Waals surface area contributed by atoms with Gasteiger partial charge in [0.05, 0.1) is 0 Å². The maximum absolute atomic E-state index is 11.1. The summed E-state index contributed by atoms with van der Waals surface area (Å²) in [7, 11) is 0. The van der Waals surface area contributed by atoms with Crippen molar-refractivity contribution >= 4 is 11.8 Å². The fraction of sp³-hybridized carbons (Fsp3) is 0.538. The Bertz CT molecular complexity index is 447. The van der Waals surface area contributed by atoms with E-state index < -0.39 is 5.97 Å². The lowest BCUT2D eigenvalue weighted by Gasteiger charge is -2.23. The average Bonchev–Trinajstić information content (AvgIpc) is 2.91. The van der Waals surface area contributed by atoms with E-state index in [-0.39, 0.29) is 5.56 Å². The van der Waals surface area contributed by atoms with E-state index in [9.17, 15) is 4.79 Å². The molecule has 2 fully saturated rings. The Morgan fingerprint density at radius 1 is 1.41 bits per heavy atom. The van der Waals surface area contributed by atoms with Crippen LogP contribution < -0.4 is 5.32 Å².